The van der Waals surface area contributed by atoms with Gasteiger partial charge in [-0.05, 0) is 48.9 Å². The van der Waals surface area contributed by atoms with Gasteiger partial charge in [0.2, 0.25) is 5.91 Å². The van der Waals surface area contributed by atoms with Gasteiger partial charge >= 0.3 is 0 Å². The van der Waals surface area contributed by atoms with E-state index < -0.39 is 33.1 Å². The number of aryl methyl sites for hydroxylation is 1. The van der Waals surface area contributed by atoms with E-state index in [2.05, 4.69) is 5.32 Å². The first-order chi connectivity index (χ1) is 10.8. The van der Waals surface area contributed by atoms with E-state index in [-0.39, 0.29) is 11.3 Å². The molecule has 0 saturated carbocycles. The molecule has 7 heteroatoms. The van der Waals surface area contributed by atoms with Gasteiger partial charge in [-0.1, -0.05) is 6.07 Å². The summed E-state index contributed by atoms with van der Waals surface area (Å²) in [5.74, 6) is -1.99. The maximum absolute atomic E-state index is 13.1. The summed E-state index contributed by atoms with van der Waals surface area (Å²) in [5, 5.41) is 2.48. The molecule has 0 radical (unpaired) electrons. The fourth-order valence-corrected chi connectivity index (χ4v) is 3.17. The second-order valence-electron chi connectivity index (χ2n) is 5.03. The molecule has 2 aromatic rings. The minimum Gasteiger partial charge on any atom is -0.326 e. The predicted molar refractivity (Wildman–Crippen MR) is 82.8 cm³/mol. The van der Waals surface area contributed by atoms with Crippen molar-refractivity contribution in [1.82, 2.24) is 0 Å². The molecule has 0 aromatic heterocycles. The maximum Gasteiger partial charge on any atom is 0.225 e. The van der Waals surface area contributed by atoms with Crippen molar-refractivity contribution in [2.24, 2.45) is 0 Å². The Labute approximate surface area is 133 Å². The van der Waals surface area contributed by atoms with Crippen LogP contribution in [0.2, 0.25) is 0 Å². The Hall–Kier alpha value is -2.28. The van der Waals surface area contributed by atoms with Gasteiger partial charge in [-0.15, -0.1) is 0 Å². The van der Waals surface area contributed by atoms with E-state index in [1.165, 1.54) is 18.2 Å². The number of halogens is 2. The van der Waals surface area contributed by atoms with Gasteiger partial charge in [0, 0.05) is 12.1 Å². The van der Waals surface area contributed by atoms with Crippen molar-refractivity contribution in [3.05, 3.63) is 59.7 Å². The Morgan fingerprint density at radius 1 is 1.04 bits per heavy atom. The van der Waals surface area contributed by atoms with Gasteiger partial charge in [0.05, 0.1) is 10.6 Å². The highest BCUT2D eigenvalue weighted by atomic mass is 32.2. The van der Waals surface area contributed by atoms with Crippen molar-refractivity contribution in [3.63, 3.8) is 0 Å². The molecule has 0 atom stereocenters. The standard InChI is InChI=1S/C16H15F2NO3S/c1-11-2-3-13(18)10-15(11)19-16(20)8-9-23(21,22)14-6-4-12(17)5-7-14/h2-7,10H,8-9H2,1H3,(H,19,20). The molecule has 0 saturated heterocycles. The highest BCUT2D eigenvalue weighted by molar-refractivity contribution is 7.91. The van der Waals surface area contributed by atoms with Gasteiger partial charge in [0.1, 0.15) is 11.6 Å². The van der Waals surface area contributed by atoms with Crippen LogP contribution in [0, 0.1) is 18.6 Å². The van der Waals surface area contributed by atoms with Crippen LogP contribution in [0.15, 0.2) is 47.4 Å². The van der Waals surface area contributed by atoms with Crippen LogP contribution in [0.25, 0.3) is 0 Å². The fourth-order valence-electron chi connectivity index (χ4n) is 1.93. The number of hydrogen-bond acceptors (Lipinski definition) is 3. The number of carbonyl (C=O) groups is 1. The normalized spacial score (nSPS) is 11.3. The molecule has 0 spiro atoms. The van der Waals surface area contributed by atoms with Crippen LogP contribution in [0.1, 0.15) is 12.0 Å². The first-order valence-electron chi connectivity index (χ1n) is 6.82. The highest BCUT2D eigenvalue weighted by Gasteiger charge is 2.17. The number of benzene rings is 2. The van der Waals surface area contributed by atoms with Gasteiger partial charge in [0.25, 0.3) is 0 Å². The minimum atomic E-state index is -3.68. The van der Waals surface area contributed by atoms with E-state index in [0.717, 1.165) is 24.3 Å². The first-order valence-corrected chi connectivity index (χ1v) is 8.47. The SMILES string of the molecule is Cc1ccc(F)cc1NC(=O)CCS(=O)(=O)c1ccc(F)cc1. The zero-order valence-corrected chi connectivity index (χ0v) is 13.2. The van der Waals surface area contributed by atoms with E-state index >= 15 is 0 Å². The Morgan fingerprint density at radius 2 is 1.65 bits per heavy atom. The lowest BCUT2D eigenvalue weighted by Gasteiger charge is -2.09. The summed E-state index contributed by atoms with van der Waals surface area (Å²) in [6, 6.07) is 8.34. The van der Waals surface area contributed by atoms with E-state index in [0.29, 0.717) is 11.3 Å². The first kappa shape index (κ1) is 17.1. The molecule has 0 fully saturated rings. The van der Waals surface area contributed by atoms with E-state index in [9.17, 15) is 22.0 Å². The number of amides is 1. The molecule has 0 unspecified atom stereocenters. The zero-order valence-electron chi connectivity index (χ0n) is 12.3. The van der Waals surface area contributed by atoms with Gasteiger partial charge in [-0.25, -0.2) is 17.2 Å². The Bertz CT molecular complexity index is 818. The van der Waals surface area contributed by atoms with Crippen LogP contribution < -0.4 is 5.32 Å². The van der Waals surface area contributed by atoms with Crippen LogP contribution in [0.3, 0.4) is 0 Å². The molecule has 0 aliphatic rings. The van der Waals surface area contributed by atoms with Gasteiger partial charge in [-0.3, -0.25) is 4.79 Å². The summed E-state index contributed by atoms with van der Waals surface area (Å²) in [6.07, 6.45) is -0.282. The van der Waals surface area contributed by atoms with E-state index in [1.54, 1.807) is 6.92 Å². The van der Waals surface area contributed by atoms with Gasteiger partial charge in [-0.2, -0.15) is 0 Å². The van der Waals surface area contributed by atoms with E-state index in [4.69, 9.17) is 0 Å². The average molecular weight is 339 g/mol. The lowest BCUT2D eigenvalue weighted by molar-refractivity contribution is -0.115. The van der Waals surface area contributed by atoms with Crippen LogP contribution in [0.4, 0.5) is 14.5 Å². The summed E-state index contributed by atoms with van der Waals surface area (Å²) < 4.78 is 50.1. The number of anilines is 1. The summed E-state index contributed by atoms with van der Waals surface area (Å²) in [5.41, 5.74) is 0.968. The quantitative estimate of drug-likeness (QED) is 0.852. The van der Waals surface area contributed by atoms with Crippen LogP contribution in [0.5, 0.6) is 0 Å². The third-order valence-corrected chi connectivity index (χ3v) is 4.98. The molecule has 2 rings (SSSR count). The lowest BCUT2D eigenvalue weighted by Crippen LogP contribution is -2.18. The van der Waals surface area contributed by atoms with Crippen molar-refractivity contribution in [2.45, 2.75) is 18.2 Å². The largest absolute Gasteiger partial charge is 0.326 e. The number of rotatable bonds is 5. The molecule has 2 aromatic carbocycles. The zero-order chi connectivity index (χ0) is 17.0. The average Bonchev–Trinajstić information content (AvgIpc) is 2.49. The summed E-state index contributed by atoms with van der Waals surface area (Å²) >= 11 is 0. The molecular formula is C16H15F2NO3S. The van der Waals surface area contributed by atoms with Crippen molar-refractivity contribution in [2.75, 3.05) is 11.1 Å². The fraction of sp³-hybridized carbons (Fsp3) is 0.188. The number of nitrogens with one attached hydrogen (secondary N) is 1. The second kappa shape index (κ2) is 6.87. The molecule has 0 heterocycles. The van der Waals surface area contributed by atoms with Gasteiger partial charge < -0.3 is 5.32 Å². The van der Waals surface area contributed by atoms with Crippen LogP contribution >= 0.6 is 0 Å². The molecule has 0 bridgehead atoms. The highest BCUT2D eigenvalue weighted by Crippen LogP contribution is 2.17. The molecule has 1 N–H and O–H groups in total. The molecule has 4 nitrogen and oxygen atoms in total. The predicted octanol–water partition coefficient (Wildman–Crippen LogP) is 3.08. The maximum atomic E-state index is 13.1. The smallest absolute Gasteiger partial charge is 0.225 e. The summed E-state index contributed by atoms with van der Waals surface area (Å²) in [4.78, 5) is 11.8. The van der Waals surface area contributed by atoms with Crippen molar-refractivity contribution in [1.29, 1.82) is 0 Å². The topological polar surface area (TPSA) is 63.2 Å². The number of sulfone groups is 1. The van der Waals surface area contributed by atoms with Gasteiger partial charge in [0.15, 0.2) is 9.84 Å². The molecule has 0 aliphatic heterocycles. The number of hydrogen-bond donors (Lipinski definition) is 1. The third-order valence-electron chi connectivity index (χ3n) is 3.24. The molecule has 1 amide bonds. The van der Waals surface area contributed by atoms with Crippen molar-refractivity contribution >= 4 is 21.4 Å². The minimum absolute atomic E-state index is 0.0476. The second-order valence-corrected chi connectivity index (χ2v) is 7.14. The summed E-state index contributed by atoms with van der Waals surface area (Å²) in [7, 11) is -3.68. The molecule has 0 aliphatic carbocycles. The molecular weight excluding hydrogens is 324 g/mol. The molecule has 122 valence electrons. The molecule has 23 heavy (non-hydrogen) atoms. The Morgan fingerprint density at radius 3 is 2.30 bits per heavy atom. The van der Waals surface area contributed by atoms with Crippen LogP contribution in [-0.4, -0.2) is 20.1 Å². The van der Waals surface area contributed by atoms with Crippen molar-refractivity contribution in [3.8, 4) is 0 Å². The Balaban J connectivity index is 2.01. The summed E-state index contributed by atoms with van der Waals surface area (Å²) in [6.45, 7) is 1.70. The van der Waals surface area contributed by atoms with E-state index in [1.807, 2.05) is 0 Å². The third kappa shape index (κ3) is 4.59. The monoisotopic (exact) mass is 339 g/mol. The van der Waals surface area contributed by atoms with Crippen molar-refractivity contribution < 1.29 is 22.0 Å². The lowest BCUT2D eigenvalue weighted by atomic mass is 10.2. The van der Waals surface area contributed by atoms with Crippen LogP contribution in [-0.2, 0) is 14.6 Å². The number of carbonyl (C=O) groups excluding carboxylic acids is 1. The Kier molecular flexibility index (Phi) is 5.10.